The van der Waals surface area contributed by atoms with Crippen molar-refractivity contribution in [1.82, 2.24) is 9.88 Å². The predicted octanol–water partition coefficient (Wildman–Crippen LogP) is 5.06. The molecular weight excluding hydrogens is 540 g/mol. The van der Waals surface area contributed by atoms with Crippen LogP contribution in [-0.4, -0.2) is 62.8 Å². The van der Waals surface area contributed by atoms with Gasteiger partial charge in [0.2, 0.25) is 21.8 Å². The molecule has 1 amide bonds. The van der Waals surface area contributed by atoms with Crippen molar-refractivity contribution in [3.8, 4) is 11.6 Å². The van der Waals surface area contributed by atoms with Gasteiger partial charge in [-0.1, -0.05) is 24.3 Å². The number of piperidine rings is 1. The monoisotopic (exact) mass is 578 g/mol. The summed E-state index contributed by atoms with van der Waals surface area (Å²) in [5.74, 6) is 1.67. The molecule has 2 aliphatic rings. The molecule has 9 nitrogen and oxygen atoms in total. The molecule has 41 heavy (non-hydrogen) atoms. The van der Waals surface area contributed by atoms with Gasteiger partial charge in [0.15, 0.2) is 0 Å². The van der Waals surface area contributed by atoms with E-state index in [-0.39, 0.29) is 11.9 Å². The number of ether oxygens (including phenoxy) is 2. The number of nitrogens with one attached hydrogen (secondary N) is 1. The number of anilines is 2. The highest BCUT2D eigenvalue weighted by molar-refractivity contribution is 7.92. The van der Waals surface area contributed by atoms with Crippen LogP contribution in [0.15, 0.2) is 72.9 Å². The maximum Gasteiger partial charge on any atom is 0.229 e. The molecule has 3 aromatic rings. The average Bonchev–Trinajstić information content (AvgIpc) is 2.97. The maximum absolute atomic E-state index is 13.5. The summed E-state index contributed by atoms with van der Waals surface area (Å²) < 4.78 is 36.5. The minimum atomic E-state index is -3.32. The molecule has 1 aromatic heterocycles. The Morgan fingerprint density at radius 3 is 2.34 bits per heavy atom. The Kier molecular flexibility index (Phi) is 9.53. The molecule has 0 atom stereocenters. The van der Waals surface area contributed by atoms with Gasteiger partial charge in [-0.2, -0.15) is 0 Å². The fourth-order valence-electron chi connectivity index (χ4n) is 5.53. The zero-order chi connectivity index (χ0) is 28.7. The lowest BCUT2D eigenvalue weighted by Gasteiger charge is -2.39. The van der Waals surface area contributed by atoms with Gasteiger partial charge in [0.1, 0.15) is 5.75 Å². The summed E-state index contributed by atoms with van der Waals surface area (Å²) in [4.78, 5) is 22.5. The van der Waals surface area contributed by atoms with Crippen LogP contribution in [-0.2, 0) is 26.1 Å². The van der Waals surface area contributed by atoms with Crippen molar-refractivity contribution in [2.45, 2.75) is 44.7 Å². The molecule has 0 spiro atoms. The number of benzene rings is 2. The fraction of sp³-hybridized carbons (Fsp3) is 0.419. The number of sulfonamides is 1. The number of pyridine rings is 1. The standard InChI is InChI=1S/C31H38N4O5S/c1-41(37,38)33-26-8-10-29(11-9-26)40-30-12-7-25(22-32-30)23-34-17-13-28(14-18-34)35(27-5-3-2-4-6-27)31(36)21-24-15-19-39-20-16-24/h2-12,22,24,28,33H,13-21,23H2,1H3. The van der Waals surface area contributed by atoms with Crippen LogP contribution in [0.3, 0.4) is 0 Å². The first-order valence-corrected chi connectivity index (χ1v) is 16.1. The van der Waals surface area contributed by atoms with Crippen LogP contribution < -0.4 is 14.4 Å². The van der Waals surface area contributed by atoms with Crippen molar-refractivity contribution in [3.63, 3.8) is 0 Å². The largest absolute Gasteiger partial charge is 0.439 e. The molecule has 3 heterocycles. The Balaban J connectivity index is 1.14. The summed E-state index contributed by atoms with van der Waals surface area (Å²) in [5.41, 5.74) is 2.56. The maximum atomic E-state index is 13.5. The minimum absolute atomic E-state index is 0.189. The number of amides is 1. The minimum Gasteiger partial charge on any atom is -0.439 e. The Hall–Kier alpha value is -3.47. The second-order valence-electron chi connectivity index (χ2n) is 10.9. The van der Waals surface area contributed by atoms with Gasteiger partial charge in [-0.3, -0.25) is 14.4 Å². The summed E-state index contributed by atoms with van der Waals surface area (Å²) in [6.45, 7) is 4.10. The van der Waals surface area contributed by atoms with Gasteiger partial charge in [0.25, 0.3) is 0 Å². The van der Waals surface area contributed by atoms with Gasteiger partial charge in [-0.05, 0) is 73.6 Å². The lowest BCUT2D eigenvalue weighted by atomic mass is 9.94. The van der Waals surface area contributed by atoms with E-state index in [2.05, 4.69) is 19.5 Å². The number of carbonyl (C=O) groups is 1. The number of para-hydroxylation sites is 1. The number of carbonyl (C=O) groups excluding carboxylic acids is 1. The van der Waals surface area contributed by atoms with Crippen molar-refractivity contribution >= 4 is 27.3 Å². The number of hydrogen-bond donors (Lipinski definition) is 1. The molecule has 10 heteroatoms. The van der Waals surface area contributed by atoms with Crippen LogP contribution in [0.4, 0.5) is 11.4 Å². The third-order valence-corrected chi connectivity index (χ3v) is 8.22. The number of hydrogen-bond acceptors (Lipinski definition) is 7. The van der Waals surface area contributed by atoms with Gasteiger partial charge >= 0.3 is 0 Å². The van der Waals surface area contributed by atoms with Crippen molar-refractivity contribution < 1.29 is 22.7 Å². The molecule has 0 unspecified atom stereocenters. The SMILES string of the molecule is CS(=O)(=O)Nc1ccc(Oc2ccc(CN3CCC(N(C(=O)CC4CCOCC4)c4ccccc4)CC3)cn2)cc1. The number of rotatable bonds is 10. The smallest absolute Gasteiger partial charge is 0.229 e. The van der Waals surface area contributed by atoms with E-state index in [4.69, 9.17) is 9.47 Å². The van der Waals surface area contributed by atoms with E-state index in [1.54, 1.807) is 24.3 Å². The van der Waals surface area contributed by atoms with Crippen LogP contribution >= 0.6 is 0 Å². The van der Waals surface area contributed by atoms with Gasteiger partial charge in [0.05, 0.1) is 6.26 Å². The summed E-state index contributed by atoms with van der Waals surface area (Å²) in [7, 11) is -3.32. The number of likely N-dealkylation sites (tertiary alicyclic amines) is 1. The molecular formula is C31H38N4O5S. The lowest BCUT2D eigenvalue weighted by Crippen LogP contribution is -2.48. The van der Waals surface area contributed by atoms with E-state index >= 15 is 0 Å². The molecule has 218 valence electrons. The first-order valence-electron chi connectivity index (χ1n) is 14.2. The Bertz CT molecular complexity index is 1370. The van der Waals surface area contributed by atoms with Crippen molar-refractivity contribution in [2.75, 3.05) is 42.2 Å². The molecule has 0 radical (unpaired) electrons. The van der Waals surface area contributed by atoms with Crippen molar-refractivity contribution in [2.24, 2.45) is 5.92 Å². The van der Waals surface area contributed by atoms with Gasteiger partial charge in [-0.15, -0.1) is 0 Å². The molecule has 1 N–H and O–H groups in total. The Morgan fingerprint density at radius 2 is 1.71 bits per heavy atom. The zero-order valence-electron chi connectivity index (χ0n) is 23.4. The second-order valence-corrected chi connectivity index (χ2v) is 12.6. The normalized spacial score (nSPS) is 17.2. The van der Waals surface area contributed by atoms with Crippen LogP contribution in [0.2, 0.25) is 0 Å². The third-order valence-electron chi connectivity index (χ3n) is 7.61. The van der Waals surface area contributed by atoms with E-state index in [1.807, 2.05) is 48.7 Å². The van der Waals surface area contributed by atoms with Crippen LogP contribution in [0, 0.1) is 5.92 Å². The van der Waals surface area contributed by atoms with Crippen LogP contribution in [0.1, 0.15) is 37.7 Å². The highest BCUT2D eigenvalue weighted by atomic mass is 32.2. The molecule has 2 aliphatic heterocycles. The van der Waals surface area contributed by atoms with E-state index in [0.29, 0.717) is 29.7 Å². The molecule has 0 saturated carbocycles. The van der Waals surface area contributed by atoms with Gasteiger partial charge in [-0.25, -0.2) is 13.4 Å². The van der Waals surface area contributed by atoms with Crippen molar-refractivity contribution in [1.29, 1.82) is 0 Å². The topological polar surface area (TPSA) is 101 Å². The third kappa shape index (κ3) is 8.51. The molecule has 2 saturated heterocycles. The van der Waals surface area contributed by atoms with E-state index < -0.39 is 10.0 Å². The van der Waals surface area contributed by atoms with E-state index in [9.17, 15) is 13.2 Å². The zero-order valence-corrected chi connectivity index (χ0v) is 24.3. The summed E-state index contributed by atoms with van der Waals surface area (Å²) >= 11 is 0. The molecule has 0 aliphatic carbocycles. The predicted molar refractivity (Wildman–Crippen MR) is 160 cm³/mol. The molecule has 0 bridgehead atoms. The first-order chi connectivity index (χ1) is 19.8. The molecule has 2 aromatic carbocycles. The molecule has 2 fully saturated rings. The second kappa shape index (κ2) is 13.5. The highest BCUT2D eigenvalue weighted by Gasteiger charge is 2.30. The quantitative estimate of drug-likeness (QED) is 0.359. The number of aromatic nitrogens is 1. The summed E-state index contributed by atoms with van der Waals surface area (Å²) in [6, 6.07) is 20.8. The van der Waals surface area contributed by atoms with Crippen LogP contribution in [0.25, 0.3) is 0 Å². The van der Waals surface area contributed by atoms with E-state index in [1.165, 1.54) is 0 Å². The Morgan fingerprint density at radius 1 is 1.00 bits per heavy atom. The summed E-state index contributed by atoms with van der Waals surface area (Å²) in [5, 5.41) is 0. The lowest BCUT2D eigenvalue weighted by molar-refractivity contribution is -0.120. The van der Waals surface area contributed by atoms with Gasteiger partial charge in [0, 0.05) is 68.9 Å². The summed E-state index contributed by atoms with van der Waals surface area (Å²) in [6.07, 6.45) is 7.29. The van der Waals surface area contributed by atoms with Gasteiger partial charge < -0.3 is 14.4 Å². The first kappa shape index (κ1) is 29.0. The molecule has 5 rings (SSSR count). The van der Waals surface area contributed by atoms with E-state index in [0.717, 1.165) is 76.0 Å². The highest BCUT2D eigenvalue weighted by Crippen LogP contribution is 2.28. The van der Waals surface area contributed by atoms with Crippen molar-refractivity contribution in [3.05, 3.63) is 78.5 Å². The average molecular weight is 579 g/mol. The Labute approximate surface area is 242 Å². The number of nitrogens with zero attached hydrogens (tertiary/aromatic N) is 3. The van der Waals surface area contributed by atoms with Crippen LogP contribution in [0.5, 0.6) is 11.6 Å². The fourth-order valence-corrected chi connectivity index (χ4v) is 6.09.